The third kappa shape index (κ3) is 3.10. The molecule has 5 rings (SSSR count). The number of benzene rings is 2. The molecule has 0 bridgehead atoms. The minimum absolute atomic E-state index is 0.646. The number of likely N-dealkylation sites (tertiary alicyclic amines) is 1. The van der Waals surface area contributed by atoms with Gasteiger partial charge in [0.1, 0.15) is 0 Å². The molecular formula is C24H28ClN. The molecule has 3 aliphatic rings. The van der Waals surface area contributed by atoms with Crippen LogP contribution in [-0.4, -0.2) is 18.0 Å². The van der Waals surface area contributed by atoms with Gasteiger partial charge in [-0.3, -0.25) is 4.90 Å². The van der Waals surface area contributed by atoms with Gasteiger partial charge in [0, 0.05) is 11.1 Å². The van der Waals surface area contributed by atoms with Crippen LogP contribution in [-0.2, 0) is 6.42 Å². The summed E-state index contributed by atoms with van der Waals surface area (Å²) in [5, 5.41) is 0.950. The van der Waals surface area contributed by atoms with Crippen LogP contribution in [0.5, 0.6) is 0 Å². The van der Waals surface area contributed by atoms with Crippen LogP contribution in [0.1, 0.15) is 67.7 Å². The second kappa shape index (κ2) is 6.69. The standard InChI is InChI=1S/C24H28ClN/c1-16-10-12-26(13-11-16)24-9-6-20-14-18(5-8-22(20)24)19-4-7-21(17-2-3-17)23(25)15-19/h4-5,7-8,14-17,24H,2-3,6,9-13H2,1H3. The fourth-order valence-electron chi connectivity index (χ4n) is 4.93. The van der Waals surface area contributed by atoms with Gasteiger partial charge in [0.15, 0.2) is 0 Å². The van der Waals surface area contributed by atoms with Crippen LogP contribution in [0.3, 0.4) is 0 Å². The quantitative estimate of drug-likeness (QED) is 0.592. The summed E-state index contributed by atoms with van der Waals surface area (Å²) in [7, 11) is 0. The highest BCUT2D eigenvalue weighted by Gasteiger charge is 2.30. The van der Waals surface area contributed by atoms with Gasteiger partial charge in [-0.15, -0.1) is 0 Å². The molecule has 1 saturated carbocycles. The molecule has 0 amide bonds. The third-order valence-electron chi connectivity index (χ3n) is 6.80. The topological polar surface area (TPSA) is 3.24 Å². The molecule has 2 heteroatoms. The van der Waals surface area contributed by atoms with Gasteiger partial charge in [-0.1, -0.05) is 48.9 Å². The Labute approximate surface area is 162 Å². The molecule has 1 atom stereocenters. The van der Waals surface area contributed by atoms with Crippen LogP contribution in [0.2, 0.25) is 5.02 Å². The van der Waals surface area contributed by atoms with Gasteiger partial charge in [0.05, 0.1) is 0 Å². The number of hydrogen-bond acceptors (Lipinski definition) is 1. The first-order valence-corrected chi connectivity index (χ1v) is 10.7. The maximum Gasteiger partial charge on any atom is 0.0446 e. The molecule has 1 heterocycles. The Morgan fingerprint density at radius 2 is 1.54 bits per heavy atom. The molecule has 1 unspecified atom stereocenters. The maximum atomic E-state index is 6.56. The van der Waals surface area contributed by atoms with Crippen LogP contribution >= 0.6 is 11.6 Å². The molecule has 2 fully saturated rings. The second-order valence-electron chi connectivity index (χ2n) is 8.70. The average molecular weight is 366 g/mol. The van der Waals surface area contributed by atoms with Crippen molar-refractivity contribution in [3.8, 4) is 11.1 Å². The highest BCUT2D eigenvalue weighted by molar-refractivity contribution is 6.31. The van der Waals surface area contributed by atoms with E-state index in [4.69, 9.17) is 11.6 Å². The lowest BCUT2D eigenvalue weighted by molar-refractivity contribution is 0.137. The van der Waals surface area contributed by atoms with Crippen LogP contribution in [0, 0.1) is 5.92 Å². The molecule has 26 heavy (non-hydrogen) atoms. The molecule has 0 spiro atoms. The number of rotatable bonds is 3. The summed E-state index contributed by atoms with van der Waals surface area (Å²) in [4.78, 5) is 2.73. The molecule has 2 aliphatic carbocycles. The van der Waals surface area contributed by atoms with Crippen molar-refractivity contribution in [3.63, 3.8) is 0 Å². The van der Waals surface area contributed by atoms with Crippen molar-refractivity contribution in [2.45, 2.75) is 57.4 Å². The lowest BCUT2D eigenvalue weighted by Crippen LogP contribution is -2.35. The maximum absolute atomic E-state index is 6.56. The SMILES string of the molecule is CC1CCN(C2CCc3cc(-c4ccc(C5CC5)c(Cl)c4)ccc32)CC1. The number of nitrogens with zero attached hydrogens (tertiary/aromatic N) is 1. The predicted molar refractivity (Wildman–Crippen MR) is 110 cm³/mol. The van der Waals surface area contributed by atoms with E-state index in [9.17, 15) is 0 Å². The number of piperidine rings is 1. The van der Waals surface area contributed by atoms with Gasteiger partial charge in [0.25, 0.3) is 0 Å². The first-order chi connectivity index (χ1) is 12.7. The van der Waals surface area contributed by atoms with Crippen LogP contribution in [0.4, 0.5) is 0 Å². The van der Waals surface area contributed by atoms with Crippen LogP contribution in [0.15, 0.2) is 36.4 Å². The number of aryl methyl sites for hydroxylation is 1. The van der Waals surface area contributed by atoms with Gasteiger partial charge in [0.2, 0.25) is 0 Å². The summed E-state index contributed by atoms with van der Waals surface area (Å²) in [6, 6.07) is 14.5. The minimum Gasteiger partial charge on any atom is -0.296 e. The normalized spacial score (nSPS) is 24.0. The Morgan fingerprint density at radius 3 is 2.23 bits per heavy atom. The molecule has 0 N–H and O–H groups in total. The van der Waals surface area contributed by atoms with Crippen molar-refractivity contribution in [1.82, 2.24) is 4.90 Å². The monoisotopic (exact) mass is 365 g/mol. The predicted octanol–water partition coefficient (Wildman–Crippen LogP) is 6.60. The molecular weight excluding hydrogens is 338 g/mol. The van der Waals surface area contributed by atoms with Crippen LogP contribution < -0.4 is 0 Å². The van der Waals surface area contributed by atoms with Gasteiger partial charge in [-0.25, -0.2) is 0 Å². The fourth-order valence-corrected chi connectivity index (χ4v) is 5.26. The largest absolute Gasteiger partial charge is 0.296 e. The van der Waals surface area contributed by atoms with Gasteiger partial charge < -0.3 is 0 Å². The smallest absolute Gasteiger partial charge is 0.0446 e. The summed E-state index contributed by atoms with van der Waals surface area (Å²) in [5.41, 5.74) is 7.05. The van der Waals surface area contributed by atoms with Crippen molar-refractivity contribution < 1.29 is 0 Å². The van der Waals surface area contributed by atoms with Crippen molar-refractivity contribution in [3.05, 3.63) is 58.1 Å². The highest BCUT2D eigenvalue weighted by Crippen LogP contribution is 2.44. The number of halogens is 1. The zero-order valence-electron chi connectivity index (χ0n) is 15.7. The van der Waals surface area contributed by atoms with E-state index in [1.807, 2.05) is 0 Å². The Balaban J connectivity index is 1.39. The summed E-state index contributed by atoms with van der Waals surface area (Å²) >= 11 is 6.56. The van der Waals surface area contributed by atoms with E-state index in [1.54, 1.807) is 11.1 Å². The van der Waals surface area contributed by atoms with E-state index in [2.05, 4.69) is 48.2 Å². The first kappa shape index (κ1) is 16.8. The molecule has 1 saturated heterocycles. The Hall–Kier alpha value is -1.31. The summed E-state index contributed by atoms with van der Waals surface area (Å²) in [6.45, 7) is 4.93. The minimum atomic E-state index is 0.646. The van der Waals surface area contributed by atoms with E-state index in [0.29, 0.717) is 12.0 Å². The van der Waals surface area contributed by atoms with Crippen molar-refractivity contribution in [2.75, 3.05) is 13.1 Å². The molecule has 1 nitrogen and oxygen atoms in total. The van der Waals surface area contributed by atoms with E-state index in [1.165, 1.54) is 68.3 Å². The second-order valence-corrected chi connectivity index (χ2v) is 9.10. The summed E-state index contributed by atoms with van der Waals surface area (Å²) in [5.74, 6) is 1.61. The molecule has 2 aromatic carbocycles. The van der Waals surface area contributed by atoms with Gasteiger partial charge in [-0.05, 0) is 97.3 Å². The summed E-state index contributed by atoms with van der Waals surface area (Å²) in [6.07, 6.45) is 7.82. The molecule has 2 aromatic rings. The Kier molecular flexibility index (Phi) is 4.33. The summed E-state index contributed by atoms with van der Waals surface area (Å²) < 4.78 is 0. The van der Waals surface area contributed by atoms with E-state index in [0.717, 1.165) is 10.9 Å². The van der Waals surface area contributed by atoms with E-state index in [-0.39, 0.29) is 0 Å². The Bertz CT molecular complexity index is 815. The van der Waals surface area contributed by atoms with Crippen molar-refractivity contribution >= 4 is 11.6 Å². The number of fused-ring (bicyclic) bond motifs is 1. The van der Waals surface area contributed by atoms with Crippen LogP contribution in [0.25, 0.3) is 11.1 Å². The lowest BCUT2D eigenvalue weighted by Gasteiger charge is -2.35. The highest BCUT2D eigenvalue weighted by atomic mass is 35.5. The van der Waals surface area contributed by atoms with E-state index < -0.39 is 0 Å². The molecule has 0 aromatic heterocycles. The zero-order chi connectivity index (χ0) is 17.7. The van der Waals surface area contributed by atoms with Gasteiger partial charge in [-0.2, -0.15) is 0 Å². The molecule has 1 aliphatic heterocycles. The lowest BCUT2D eigenvalue weighted by atomic mass is 9.95. The molecule has 0 radical (unpaired) electrons. The third-order valence-corrected chi connectivity index (χ3v) is 7.13. The average Bonchev–Trinajstić information content (AvgIpc) is 3.41. The number of hydrogen-bond donors (Lipinski definition) is 0. The van der Waals surface area contributed by atoms with Crippen molar-refractivity contribution in [1.29, 1.82) is 0 Å². The molecule has 136 valence electrons. The first-order valence-electron chi connectivity index (χ1n) is 10.4. The zero-order valence-corrected chi connectivity index (χ0v) is 16.4. The Morgan fingerprint density at radius 1 is 0.846 bits per heavy atom. The van der Waals surface area contributed by atoms with Gasteiger partial charge >= 0.3 is 0 Å². The van der Waals surface area contributed by atoms with E-state index >= 15 is 0 Å². The van der Waals surface area contributed by atoms with Crippen molar-refractivity contribution in [2.24, 2.45) is 5.92 Å². The fraction of sp³-hybridized carbons (Fsp3) is 0.500.